The second kappa shape index (κ2) is 5.97. The van der Waals surface area contributed by atoms with E-state index in [0.29, 0.717) is 15.6 Å². The average molecular weight is 350 g/mol. The maximum Gasteiger partial charge on any atom is 0.137 e. The molecule has 19 heavy (non-hydrogen) atoms. The van der Waals surface area contributed by atoms with E-state index in [9.17, 15) is 13.2 Å². The van der Waals surface area contributed by atoms with E-state index in [4.69, 9.17) is 11.6 Å². The molecule has 1 atom stereocenters. The molecule has 0 spiro atoms. The van der Waals surface area contributed by atoms with Crippen LogP contribution < -0.4 is 0 Å². The maximum absolute atomic E-state index is 13.5. The highest BCUT2D eigenvalue weighted by Gasteiger charge is 2.14. The molecule has 0 aliphatic carbocycles. The Bertz CT molecular complexity index is 601. The Morgan fingerprint density at radius 2 is 1.74 bits per heavy atom. The Kier molecular flexibility index (Phi) is 4.53. The lowest BCUT2D eigenvalue weighted by Crippen LogP contribution is -2.00. The zero-order valence-corrected chi connectivity index (χ0v) is 12.0. The van der Waals surface area contributed by atoms with Crippen molar-refractivity contribution in [2.24, 2.45) is 0 Å². The van der Waals surface area contributed by atoms with Gasteiger partial charge >= 0.3 is 0 Å². The van der Waals surface area contributed by atoms with Crippen molar-refractivity contribution in [3.63, 3.8) is 0 Å². The molecule has 1 unspecified atom stereocenters. The molecule has 0 saturated heterocycles. The van der Waals surface area contributed by atoms with E-state index in [1.807, 2.05) is 0 Å². The van der Waals surface area contributed by atoms with Crippen molar-refractivity contribution >= 4 is 27.5 Å². The SMILES string of the molecule is Fc1ccc(CC(Cl)c2ccc(Br)c(F)c2)c(F)c1. The monoisotopic (exact) mass is 348 g/mol. The first kappa shape index (κ1) is 14.4. The highest BCUT2D eigenvalue weighted by molar-refractivity contribution is 9.10. The van der Waals surface area contributed by atoms with Crippen molar-refractivity contribution in [3.05, 3.63) is 69.4 Å². The van der Waals surface area contributed by atoms with Gasteiger partial charge in [0, 0.05) is 6.07 Å². The molecule has 2 rings (SSSR count). The molecule has 2 aromatic carbocycles. The van der Waals surface area contributed by atoms with E-state index >= 15 is 0 Å². The number of benzene rings is 2. The normalized spacial score (nSPS) is 12.5. The molecule has 0 saturated carbocycles. The van der Waals surface area contributed by atoms with Gasteiger partial charge in [-0.3, -0.25) is 0 Å². The summed E-state index contributed by atoms with van der Waals surface area (Å²) in [6, 6.07) is 7.82. The predicted octanol–water partition coefficient (Wildman–Crippen LogP) is 5.39. The van der Waals surface area contributed by atoms with Gasteiger partial charge in [0.2, 0.25) is 0 Å². The van der Waals surface area contributed by atoms with Crippen LogP contribution in [0.5, 0.6) is 0 Å². The smallest absolute Gasteiger partial charge is 0.137 e. The lowest BCUT2D eigenvalue weighted by molar-refractivity contribution is 0.570. The Balaban J connectivity index is 2.20. The van der Waals surface area contributed by atoms with Gasteiger partial charge in [0.25, 0.3) is 0 Å². The largest absolute Gasteiger partial charge is 0.207 e. The molecule has 0 N–H and O–H groups in total. The second-order valence-corrected chi connectivity index (χ2v) is 5.46. The van der Waals surface area contributed by atoms with Crippen LogP contribution in [0.3, 0.4) is 0 Å². The van der Waals surface area contributed by atoms with E-state index < -0.39 is 22.8 Å². The summed E-state index contributed by atoms with van der Waals surface area (Å²) in [4.78, 5) is 0. The van der Waals surface area contributed by atoms with Crippen molar-refractivity contribution in [3.8, 4) is 0 Å². The van der Waals surface area contributed by atoms with Crippen LogP contribution in [0.4, 0.5) is 13.2 Å². The van der Waals surface area contributed by atoms with Gasteiger partial charge in [0.05, 0.1) is 9.85 Å². The third-order valence-corrected chi connectivity index (χ3v) is 3.77. The van der Waals surface area contributed by atoms with E-state index in [0.717, 1.165) is 6.07 Å². The molecule has 0 nitrogen and oxygen atoms in total. The topological polar surface area (TPSA) is 0 Å². The van der Waals surface area contributed by atoms with E-state index in [1.54, 1.807) is 12.1 Å². The summed E-state index contributed by atoms with van der Waals surface area (Å²) in [6.07, 6.45) is 0.161. The van der Waals surface area contributed by atoms with Crippen LogP contribution in [0.1, 0.15) is 16.5 Å². The Labute approximate surface area is 122 Å². The Morgan fingerprint density at radius 1 is 1.00 bits per heavy atom. The number of hydrogen-bond donors (Lipinski definition) is 0. The summed E-state index contributed by atoms with van der Waals surface area (Å²) < 4.78 is 40.0. The van der Waals surface area contributed by atoms with Crippen LogP contribution >= 0.6 is 27.5 Å². The minimum absolute atomic E-state index is 0.161. The van der Waals surface area contributed by atoms with Gasteiger partial charge in [0.15, 0.2) is 0 Å². The molecular weight excluding hydrogens is 341 g/mol. The molecule has 5 heteroatoms. The summed E-state index contributed by atoms with van der Waals surface area (Å²) in [5.74, 6) is -1.71. The minimum atomic E-state index is -0.650. The number of rotatable bonds is 3. The predicted molar refractivity (Wildman–Crippen MR) is 72.8 cm³/mol. The fourth-order valence-corrected chi connectivity index (χ4v) is 2.25. The highest BCUT2D eigenvalue weighted by Crippen LogP contribution is 2.28. The number of halogens is 5. The highest BCUT2D eigenvalue weighted by atomic mass is 79.9. The quantitative estimate of drug-likeness (QED) is 0.652. The first-order valence-corrected chi connectivity index (χ1v) is 6.73. The lowest BCUT2D eigenvalue weighted by Gasteiger charge is -2.11. The zero-order chi connectivity index (χ0) is 14.0. The van der Waals surface area contributed by atoms with Crippen LogP contribution in [0.25, 0.3) is 0 Å². The van der Waals surface area contributed by atoms with Crippen LogP contribution in [-0.4, -0.2) is 0 Å². The molecular formula is C14H9BrClF3. The Morgan fingerprint density at radius 3 is 2.37 bits per heavy atom. The van der Waals surface area contributed by atoms with Gasteiger partial charge in [-0.25, -0.2) is 13.2 Å². The molecule has 0 aliphatic heterocycles. The van der Waals surface area contributed by atoms with Gasteiger partial charge < -0.3 is 0 Å². The fourth-order valence-electron chi connectivity index (χ4n) is 1.71. The third-order valence-electron chi connectivity index (χ3n) is 2.72. The molecule has 0 heterocycles. The van der Waals surface area contributed by atoms with Crippen molar-refractivity contribution in [1.82, 2.24) is 0 Å². The van der Waals surface area contributed by atoms with E-state index in [1.165, 1.54) is 18.2 Å². The molecule has 100 valence electrons. The molecule has 0 bridgehead atoms. The Hall–Kier alpha value is -1.00. The van der Waals surface area contributed by atoms with Crippen molar-refractivity contribution in [1.29, 1.82) is 0 Å². The van der Waals surface area contributed by atoms with Crippen LogP contribution in [0, 0.1) is 17.5 Å². The second-order valence-electron chi connectivity index (χ2n) is 4.08. The standard InChI is InChI=1S/C14H9BrClF3/c15-11-4-2-8(6-14(11)19)12(16)5-9-1-3-10(17)7-13(9)18/h1-4,6-7,12H,5H2. The molecule has 2 aromatic rings. The molecule has 0 aromatic heterocycles. The summed E-state index contributed by atoms with van der Waals surface area (Å²) in [7, 11) is 0. The van der Waals surface area contributed by atoms with Crippen LogP contribution in [-0.2, 0) is 6.42 Å². The van der Waals surface area contributed by atoms with E-state index in [2.05, 4.69) is 15.9 Å². The summed E-state index contributed by atoms with van der Waals surface area (Å²) in [5.41, 5.74) is 0.843. The van der Waals surface area contributed by atoms with Gasteiger partial charge in [-0.2, -0.15) is 0 Å². The molecule has 0 radical (unpaired) electrons. The lowest BCUT2D eigenvalue weighted by atomic mass is 10.0. The molecule has 0 fully saturated rings. The van der Waals surface area contributed by atoms with Crippen molar-refractivity contribution < 1.29 is 13.2 Å². The zero-order valence-electron chi connectivity index (χ0n) is 9.64. The molecule has 0 aliphatic rings. The van der Waals surface area contributed by atoms with Gasteiger partial charge in [-0.15, -0.1) is 11.6 Å². The number of alkyl halides is 1. The first-order valence-electron chi connectivity index (χ1n) is 5.50. The van der Waals surface area contributed by atoms with Gasteiger partial charge in [-0.05, 0) is 51.7 Å². The summed E-state index contributed by atoms with van der Waals surface area (Å²) >= 11 is 9.18. The fraction of sp³-hybridized carbons (Fsp3) is 0.143. The third kappa shape index (κ3) is 3.51. The first-order chi connectivity index (χ1) is 8.97. The van der Waals surface area contributed by atoms with Crippen molar-refractivity contribution in [2.45, 2.75) is 11.8 Å². The molecule has 0 amide bonds. The van der Waals surface area contributed by atoms with Crippen molar-refractivity contribution in [2.75, 3.05) is 0 Å². The maximum atomic E-state index is 13.5. The summed E-state index contributed by atoms with van der Waals surface area (Å²) in [6.45, 7) is 0. The van der Waals surface area contributed by atoms with Crippen LogP contribution in [0.15, 0.2) is 40.9 Å². The summed E-state index contributed by atoms with van der Waals surface area (Å²) in [5, 5.41) is -0.581. The minimum Gasteiger partial charge on any atom is -0.207 e. The number of hydrogen-bond acceptors (Lipinski definition) is 0. The average Bonchev–Trinajstić information content (AvgIpc) is 2.36. The van der Waals surface area contributed by atoms with Gasteiger partial charge in [0.1, 0.15) is 17.5 Å². The van der Waals surface area contributed by atoms with Gasteiger partial charge in [-0.1, -0.05) is 12.1 Å². The van der Waals surface area contributed by atoms with E-state index in [-0.39, 0.29) is 6.42 Å². The van der Waals surface area contributed by atoms with Crippen LogP contribution in [0.2, 0.25) is 0 Å².